The van der Waals surface area contributed by atoms with E-state index in [-0.39, 0.29) is 24.3 Å². The van der Waals surface area contributed by atoms with Gasteiger partial charge in [0.05, 0.1) is 18.8 Å². The lowest BCUT2D eigenvalue weighted by Crippen LogP contribution is -2.61. The smallest absolute Gasteiger partial charge is 0.245 e. The van der Waals surface area contributed by atoms with Gasteiger partial charge in [-0.1, -0.05) is 13.8 Å². The molecule has 0 aromatic heterocycles. The maximum absolute atomic E-state index is 13.5. The van der Waals surface area contributed by atoms with E-state index in [0.717, 1.165) is 12.8 Å². The SMILES string of the molecule is CC(C)C[C@H](NC(=O)[C@@H](NC(=O)[C@H](CO)NC(=O)[C@H]1CCCN1)[C@@H](O)CC[C@H](N)CCCN=C(N)N)C(=O)NCCCCN. The minimum atomic E-state index is -1.49. The molecule has 0 radical (unpaired) electrons. The van der Waals surface area contributed by atoms with Crippen molar-refractivity contribution in [2.45, 2.75) is 108 Å². The molecule has 0 aromatic carbocycles. The van der Waals surface area contributed by atoms with Gasteiger partial charge in [0.15, 0.2) is 5.96 Å². The Hall–Kier alpha value is -3.05. The Labute approximate surface area is 260 Å². The monoisotopic (exact) mass is 628 g/mol. The third-order valence-electron chi connectivity index (χ3n) is 7.29. The molecule has 0 bridgehead atoms. The second kappa shape index (κ2) is 21.6. The number of rotatable bonds is 22. The number of aliphatic hydroxyl groups excluding tert-OH is 2. The molecule has 1 aliphatic rings. The first-order valence-electron chi connectivity index (χ1n) is 15.6. The number of nitrogens with one attached hydrogen (secondary N) is 5. The molecule has 1 rings (SSSR count). The van der Waals surface area contributed by atoms with Gasteiger partial charge in [-0.2, -0.15) is 0 Å². The molecule has 16 heteroatoms. The molecule has 1 saturated heterocycles. The minimum Gasteiger partial charge on any atom is -0.394 e. The molecule has 254 valence electrons. The number of aliphatic hydroxyl groups is 2. The quantitative estimate of drug-likeness (QED) is 0.0319. The number of carbonyl (C=O) groups excluding carboxylic acids is 4. The number of guanidine groups is 1. The van der Waals surface area contributed by atoms with Crippen LogP contribution in [0.4, 0.5) is 0 Å². The van der Waals surface area contributed by atoms with E-state index in [0.29, 0.717) is 64.7 Å². The van der Waals surface area contributed by atoms with Gasteiger partial charge >= 0.3 is 0 Å². The van der Waals surface area contributed by atoms with Crippen LogP contribution < -0.4 is 49.5 Å². The van der Waals surface area contributed by atoms with Crippen molar-refractivity contribution in [1.82, 2.24) is 26.6 Å². The average molecular weight is 629 g/mol. The Bertz CT molecular complexity index is 911. The summed E-state index contributed by atoms with van der Waals surface area (Å²) in [5.41, 5.74) is 22.4. The molecule has 16 nitrogen and oxygen atoms in total. The lowest BCUT2D eigenvalue weighted by molar-refractivity contribution is -0.137. The number of aliphatic imine (C=N–C) groups is 1. The summed E-state index contributed by atoms with van der Waals surface area (Å²) in [4.78, 5) is 56.1. The van der Waals surface area contributed by atoms with Crippen molar-refractivity contribution in [2.24, 2.45) is 33.8 Å². The van der Waals surface area contributed by atoms with Crippen LogP contribution >= 0.6 is 0 Å². The van der Waals surface area contributed by atoms with Crippen molar-refractivity contribution in [3.8, 4) is 0 Å². The van der Waals surface area contributed by atoms with Crippen LogP contribution in [0.15, 0.2) is 4.99 Å². The second-order valence-electron chi connectivity index (χ2n) is 11.7. The number of hydrogen-bond donors (Lipinski definition) is 11. The van der Waals surface area contributed by atoms with Gasteiger partial charge in [0, 0.05) is 19.1 Å². The molecule has 1 fully saturated rings. The molecular formula is C28H56N10O6. The van der Waals surface area contributed by atoms with Crippen LogP contribution in [0.3, 0.4) is 0 Å². The van der Waals surface area contributed by atoms with Crippen LogP contribution in [0.5, 0.6) is 0 Å². The third-order valence-corrected chi connectivity index (χ3v) is 7.29. The van der Waals surface area contributed by atoms with Gasteiger partial charge in [0.2, 0.25) is 23.6 Å². The molecule has 4 amide bonds. The Balaban J connectivity index is 3.02. The molecule has 0 saturated carbocycles. The summed E-state index contributed by atoms with van der Waals surface area (Å²) in [6, 6.07) is -4.61. The molecule has 1 aliphatic heterocycles. The zero-order valence-electron chi connectivity index (χ0n) is 26.2. The minimum absolute atomic E-state index is 0.0181. The first kappa shape index (κ1) is 39.0. The number of carbonyl (C=O) groups is 4. The van der Waals surface area contributed by atoms with E-state index in [2.05, 4.69) is 31.6 Å². The topological polar surface area (TPSA) is 285 Å². The van der Waals surface area contributed by atoms with Crippen LogP contribution in [-0.2, 0) is 19.2 Å². The third kappa shape index (κ3) is 15.6. The molecule has 6 atom stereocenters. The van der Waals surface area contributed by atoms with Crippen LogP contribution in [0.2, 0.25) is 0 Å². The molecule has 44 heavy (non-hydrogen) atoms. The van der Waals surface area contributed by atoms with Crippen LogP contribution in [0.1, 0.15) is 71.6 Å². The fourth-order valence-electron chi connectivity index (χ4n) is 4.79. The highest BCUT2D eigenvalue weighted by atomic mass is 16.3. The van der Waals surface area contributed by atoms with E-state index in [1.165, 1.54) is 0 Å². The number of nitrogens with zero attached hydrogens (tertiary/aromatic N) is 1. The van der Waals surface area contributed by atoms with Gasteiger partial charge in [-0.05, 0) is 76.8 Å². The van der Waals surface area contributed by atoms with Crippen molar-refractivity contribution in [3.63, 3.8) is 0 Å². The summed E-state index contributed by atoms with van der Waals surface area (Å²) < 4.78 is 0. The van der Waals surface area contributed by atoms with E-state index in [4.69, 9.17) is 22.9 Å². The summed E-state index contributed by atoms with van der Waals surface area (Å²) >= 11 is 0. The molecule has 0 aromatic rings. The first-order valence-corrected chi connectivity index (χ1v) is 15.6. The van der Waals surface area contributed by atoms with Gasteiger partial charge in [-0.3, -0.25) is 24.2 Å². The number of amides is 4. The largest absolute Gasteiger partial charge is 0.394 e. The summed E-state index contributed by atoms with van der Waals surface area (Å²) in [7, 11) is 0. The summed E-state index contributed by atoms with van der Waals surface area (Å²) in [6.07, 6.45) is 3.26. The van der Waals surface area contributed by atoms with Gasteiger partial charge in [0.25, 0.3) is 0 Å². The van der Waals surface area contributed by atoms with Crippen LogP contribution in [0, 0.1) is 5.92 Å². The fraction of sp³-hybridized carbons (Fsp3) is 0.821. The lowest BCUT2D eigenvalue weighted by Gasteiger charge is -2.29. The van der Waals surface area contributed by atoms with Gasteiger partial charge in [-0.25, -0.2) is 0 Å². The number of unbranched alkanes of at least 4 members (excludes halogenated alkanes) is 1. The van der Waals surface area contributed by atoms with E-state index in [9.17, 15) is 29.4 Å². The Kier molecular flexibility index (Phi) is 19.1. The van der Waals surface area contributed by atoms with Crippen molar-refractivity contribution >= 4 is 29.6 Å². The van der Waals surface area contributed by atoms with Crippen LogP contribution in [-0.4, -0.2) is 109 Å². The molecule has 0 aliphatic carbocycles. The zero-order chi connectivity index (χ0) is 33.1. The van der Waals surface area contributed by atoms with Gasteiger partial charge < -0.3 is 59.7 Å². The maximum Gasteiger partial charge on any atom is 0.245 e. The van der Waals surface area contributed by atoms with Crippen molar-refractivity contribution in [3.05, 3.63) is 0 Å². The van der Waals surface area contributed by atoms with E-state index >= 15 is 0 Å². The van der Waals surface area contributed by atoms with Crippen molar-refractivity contribution in [2.75, 3.05) is 32.8 Å². The summed E-state index contributed by atoms with van der Waals surface area (Å²) in [5.74, 6) is -2.45. The van der Waals surface area contributed by atoms with E-state index in [1.807, 2.05) is 13.8 Å². The average Bonchev–Trinajstić information content (AvgIpc) is 3.52. The summed E-state index contributed by atoms with van der Waals surface area (Å²) in [5, 5.41) is 34.4. The number of hydrogen-bond acceptors (Lipinski definition) is 10. The first-order chi connectivity index (χ1) is 20.9. The van der Waals surface area contributed by atoms with E-state index in [1.54, 1.807) is 0 Å². The second-order valence-corrected chi connectivity index (χ2v) is 11.7. The van der Waals surface area contributed by atoms with E-state index < -0.39 is 60.5 Å². The highest BCUT2D eigenvalue weighted by molar-refractivity contribution is 5.95. The Morgan fingerprint density at radius 3 is 2.27 bits per heavy atom. The Morgan fingerprint density at radius 2 is 1.68 bits per heavy atom. The fourth-order valence-corrected chi connectivity index (χ4v) is 4.79. The molecule has 1 heterocycles. The van der Waals surface area contributed by atoms with Crippen molar-refractivity contribution < 1.29 is 29.4 Å². The normalized spacial score (nSPS) is 18.0. The zero-order valence-corrected chi connectivity index (χ0v) is 26.2. The lowest BCUT2D eigenvalue weighted by atomic mass is 9.98. The summed E-state index contributed by atoms with van der Waals surface area (Å²) in [6.45, 7) is 5.02. The number of nitrogens with two attached hydrogens (primary N) is 4. The molecular weight excluding hydrogens is 572 g/mol. The highest BCUT2D eigenvalue weighted by Gasteiger charge is 2.35. The van der Waals surface area contributed by atoms with Crippen molar-refractivity contribution in [1.29, 1.82) is 0 Å². The van der Waals surface area contributed by atoms with Crippen LogP contribution in [0.25, 0.3) is 0 Å². The predicted octanol–water partition coefficient (Wildman–Crippen LogP) is -3.39. The predicted molar refractivity (Wildman–Crippen MR) is 168 cm³/mol. The maximum atomic E-state index is 13.5. The van der Waals surface area contributed by atoms with Gasteiger partial charge in [0.1, 0.15) is 18.1 Å². The molecule has 0 unspecified atom stereocenters. The Morgan fingerprint density at radius 1 is 0.955 bits per heavy atom. The van der Waals surface area contributed by atoms with Gasteiger partial charge in [-0.15, -0.1) is 0 Å². The molecule has 0 spiro atoms. The molecule has 15 N–H and O–H groups in total. The highest BCUT2D eigenvalue weighted by Crippen LogP contribution is 2.12. The standard InChI is InChI=1S/C28H56N10O6/c1-17(2)15-20(24(41)34-12-4-3-11-29)36-27(44)23(22(40)10-9-18(30)7-5-14-35-28(31)32)38-26(43)21(16-39)37-25(42)19-8-6-13-33-19/h17-23,33,39-40H,3-16,29-30H2,1-2H3,(H,34,41)(H,36,44)(H,37,42)(H,38,43)(H4,31,32,35)/t18-,19-,20+,21+,22+,23+/m1/s1.